The SMILES string of the molecule is C=C(Oc1ccc(OC)cc1)[C@@H]1O[C@]12CC[C@H]1[C@@H]3CCc4cc(OC)ccc4[C@H]3CC[C@@]12C. The summed E-state index contributed by atoms with van der Waals surface area (Å²) in [7, 11) is 3.43. The molecule has 174 valence electrons. The molecule has 2 aromatic carbocycles. The highest BCUT2D eigenvalue weighted by Crippen LogP contribution is 2.71. The summed E-state index contributed by atoms with van der Waals surface area (Å²) in [6, 6.07) is 14.4. The van der Waals surface area contributed by atoms with Crippen LogP contribution in [0, 0.1) is 17.3 Å². The van der Waals surface area contributed by atoms with E-state index >= 15 is 0 Å². The van der Waals surface area contributed by atoms with Crippen molar-refractivity contribution in [1.29, 1.82) is 0 Å². The Labute approximate surface area is 196 Å². The summed E-state index contributed by atoms with van der Waals surface area (Å²) in [5.41, 5.74) is 3.14. The van der Waals surface area contributed by atoms with Gasteiger partial charge in [0.05, 0.1) is 14.2 Å². The van der Waals surface area contributed by atoms with Gasteiger partial charge in [-0.05, 0) is 104 Å². The molecule has 6 atom stereocenters. The fraction of sp³-hybridized carbons (Fsp3) is 0.517. The summed E-state index contributed by atoms with van der Waals surface area (Å²) >= 11 is 0. The zero-order valence-electron chi connectivity index (χ0n) is 19.9. The van der Waals surface area contributed by atoms with E-state index in [-0.39, 0.29) is 17.1 Å². The Morgan fingerprint density at radius 3 is 2.42 bits per heavy atom. The maximum absolute atomic E-state index is 6.53. The molecule has 0 unspecified atom stereocenters. The number of methoxy groups -OCH3 is 2. The van der Waals surface area contributed by atoms with Gasteiger partial charge in [0.15, 0.2) is 0 Å². The van der Waals surface area contributed by atoms with Gasteiger partial charge in [0.2, 0.25) is 0 Å². The predicted molar refractivity (Wildman–Crippen MR) is 128 cm³/mol. The van der Waals surface area contributed by atoms with Crippen molar-refractivity contribution in [1.82, 2.24) is 0 Å². The summed E-state index contributed by atoms with van der Waals surface area (Å²) in [5, 5.41) is 0. The normalized spacial score (nSPS) is 35.8. The van der Waals surface area contributed by atoms with E-state index in [1.54, 1.807) is 19.8 Å². The molecule has 0 bridgehead atoms. The Bertz CT molecular complexity index is 1080. The number of aryl methyl sites for hydroxylation is 1. The Balaban J connectivity index is 1.20. The van der Waals surface area contributed by atoms with Gasteiger partial charge in [0, 0.05) is 5.41 Å². The Kier molecular flexibility index (Phi) is 4.81. The van der Waals surface area contributed by atoms with E-state index in [0.717, 1.165) is 41.8 Å². The molecule has 4 nitrogen and oxygen atoms in total. The van der Waals surface area contributed by atoms with Crippen molar-refractivity contribution >= 4 is 0 Å². The number of epoxide rings is 1. The number of benzene rings is 2. The van der Waals surface area contributed by atoms with Crippen LogP contribution in [0.25, 0.3) is 0 Å². The van der Waals surface area contributed by atoms with Crippen molar-refractivity contribution in [3.05, 3.63) is 65.9 Å². The third-order valence-electron chi connectivity index (χ3n) is 9.41. The van der Waals surface area contributed by atoms with Gasteiger partial charge in [-0.2, -0.15) is 0 Å². The lowest BCUT2D eigenvalue weighted by atomic mass is 9.53. The van der Waals surface area contributed by atoms with E-state index in [2.05, 4.69) is 31.7 Å². The zero-order valence-corrected chi connectivity index (χ0v) is 19.9. The van der Waals surface area contributed by atoms with E-state index in [4.69, 9.17) is 18.9 Å². The summed E-state index contributed by atoms with van der Waals surface area (Å²) < 4.78 is 23.4. The lowest BCUT2D eigenvalue weighted by Crippen LogP contribution is -2.46. The van der Waals surface area contributed by atoms with Gasteiger partial charge in [-0.3, -0.25) is 0 Å². The highest BCUT2D eigenvalue weighted by Gasteiger charge is 2.74. The van der Waals surface area contributed by atoms with E-state index in [9.17, 15) is 0 Å². The molecule has 33 heavy (non-hydrogen) atoms. The molecule has 1 aliphatic heterocycles. The van der Waals surface area contributed by atoms with Crippen molar-refractivity contribution < 1.29 is 18.9 Å². The van der Waals surface area contributed by atoms with E-state index in [1.807, 2.05) is 24.3 Å². The molecular formula is C29H34O4. The number of hydrogen-bond donors (Lipinski definition) is 0. The molecule has 3 aliphatic carbocycles. The molecule has 0 aromatic heterocycles. The minimum Gasteiger partial charge on any atom is -0.497 e. The first kappa shape index (κ1) is 21.1. The molecule has 2 saturated carbocycles. The molecule has 6 rings (SSSR count). The molecule has 1 spiro atoms. The van der Waals surface area contributed by atoms with E-state index < -0.39 is 0 Å². The van der Waals surface area contributed by atoms with Crippen LogP contribution in [0.2, 0.25) is 0 Å². The molecule has 1 saturated heterocycles. The summed E-state index contributed by atoms with van der Waals surface area (Å²) in [6.45, 7) is 6.77. The predicted octanol–water partition coefficient (Wildman–Crippen LogP) is 6.29. The van der Waals surface area contributed by atoms with Crippen LogP contribution in [0.4, 0.5) is 0 Å². The van der Waals surface area contributed by atoms with Crippen LogP contribution in [-0.4, -0.2) is 25.9 Å². The average molecular weight is 447 g/mol. The fourth-order valence-electron chi connectivity index (χ4n) is 7.69. The maximum Gasteiger partial charge on any atom is 0.145 e. The second-order valence-electron chi connectivity index (χ2n) is 10.6. The van der Waals surface area contributed by atoms with E-state index in [1.165, 1.54) is 31.2 Å². The molecule has 0 N–H and O–H groups in total. The largest absolute Gasteiger partial charge is 0.497 e. The third-order valence-corrected chi connectivity index (χ3v) is 9.41. The number of rotatable bonds is 5. The summed E-state index contributed by atoms with van der Waals surface area (Å²) in [4.78, 5) is 0. The second-order valence-corrected chi connectivity index (χ2v) is 10.6. The van der Waals surface area contributed by atoms with Crippen molar-refractivity contribution in [2.24, 2.45) is 17.3 Å². The van der Waals surface area contributed by atoms with Crippen LogP contribution < -0.4 is 14.2 Å². The summed E-state index contributed by atoms with van der Waals surface area (Å²) in [5.74, 6) is 5.44. The minimum atomic E-state index is -0.105. The van der Waals surface area contributed by atoms with Crippen LogP contribution in [0.15, 0.2) is 54.8 Å². The first-order valence-corrected chi connectivity index (χ1v) is 12.3. The van der Waals surface area contributed by atoms with Crippen molar-refractivity contribution in [3.8, 4) is 17.2 Å². The van der Waals surface area contributed by atoms with Crippen molar-refractivity contribution in [2.45, 2.75) is 63.1 Å². The standard InChI is InChI=1S/C29H34O4/c1-18(32-21-8-6-20(30-3)7-9-21)27-29(33-27)16-14-26-25-11-5-19-17-22(31-4)10-12-23(19)24(25)13-15-28(26,29)2/h6-10,12,17,24-27H,1,5,11,13-16H2,2-4H3/t24-,25-,26+,27+,28+,29-/m1/s1. The minimum absolute atomic E-state index is 0.00807. The molecular weight excluding hydrogens is 412 g/mol. The Hall–Kier alpha value is -2.46. The topological polar surface area (TPSA) is 40.2 Å². The molecule has 2 aromatic rings. The van der Waals surface area contributed by atoms with Gasteiger partial charge >= 0.3 is 0 Å². The van der Waals surface area contributed by atoms with Crippen LogP contribution in [-0.2, 0) is 11.2 Å². The lowest BCUT2D eigenvalue weighted by Gasteiger charge is -2.50. The smallest absolute Gasteiger partial charge is 0.145 e. The van der Waals surface area contributed by atoms with Crippen LogP contribution >= 0.6 is 0 Å². The Morgan fingerprint density at radius 2 is 1.67 bits per heavy atom. The third kappa shape index (κ3) is 3.06. The molecule has 3 fully saturated rings. The number of hydrogen-bond acceptors (Lipinski definition) is 4. The zero-order chi connectivity index (χ0) is 22.8. The van der Waals surface area contributed by atoms with Gasteiger partial charge in [0.25, 0.3) is 0 Å². The fourth-order valence-corrected chi connectivity index (χ4v) is 7.69. The van der Waals surface area contributed by atoms with E-state index in [0.29, 0.717) is 11.8 Å². The van der Waals surface area contributed by atoms with Crippen molar-refractivity contribution in [3.63, 3.8) is 0 Å². The van der Waals surface area contributed by atoms with Crippen LogP contribution in [0.5, 0.6) is 17.2 Å². The molecule has 4 aliphatic rings. The highest BCUT2D eigenvalue weighted by atomic mass is 16.6. The molecule has 0 radical (unpaired) electrons. The number of ether oxygens (including phenoxy) is 4. The molecule has 1 heterocycles. The second kappa shape index (κ2) is 7.53. The first-order chi connectivity index (χ1) is 16.0. The highest BCUT2D eigenvalue weighted by molar-refractivity contribution is 5.42. The van der Waals surface area contributed by atoms with Gasteiger partial charge in [-0.1, -0.05) is 19.6 Å². The average Bonchev–Trinajstić information content (AvgIpc) is 3.52. The maximum atomic E-state index is 6.53. The quantitative estimate of drug-likeness (QED) is 0.400. The van der Waals surface area contributed by atoms with Crippen LogP contribution in [0.1, 0.15) is 56.1 Å². The van der Waals surface area contributed by atoms with Crippen molar-refractivity contribution in [2.75, 3.05) is 14.2 Å². The Morgan fingerprint density at radius 1 is 0.939 bits per heavy atom. The van der Waals surface area contributed by atoms with Gasteiger partial charge in [-0.25, -0.2) is 0 Å². The first-order valence-electron chi connectivity index (χ1n) is 12.3. The lowest BCUT2D eigenvalue weighted by molar-refractivity contribution is 0.0120. The van der Waals surface area contributed by atoms with Gasteiger partial charge in [-0.15, -0.1) is 0 Å². The number of fused-ring (bicyclic) bond motifs is 6. The monoisotopic (exact) mass is 446 g/mol. The molecule has 4 heteroatoms. The van der Waals surface area contributed by atoms with Gasteiger partial charge in [0.1, 0.15) is 34.7 Å². The van der Waals surface area contributed by atoms with Crippen LogP contribution in [0.3, 0.4) is 0 Å². The molecule has 0 amide bonds. The van der Waals surface area contributed by atoms with Gasteiger partial charge < -0.3 is 18.9 Å². The summed E-state index contributed by atoms with van der Waals surface area (Å²) in [6.07, 6.45) is 7.22.